The Hall–Kier alpha value is -1.26. The van der Waals surface area contributed by atoms with Crippen molar-refractivity contribution in [3.63, 3.8) is 0 Å². The van der Waals surface area contributed by atoms with Crippen molar-refractivity contribution in [2.75, 3.05) is 26.7 Å². The molecule has 1 fully saturated rings. The molecule has 1 saturated heterocycles. The van der Waals surface area contributed by atoms with Crippen LogP contribution in [0.4, 0.5) is 0 Å². The highest BCUT2D eigenvalue weighted by atomic mass is 35.5. The van der Waals surface area contributed by atoms with Crippen LogP contribution in [0.5, 0.6) is 5.75 Å². The van der Waals surface area contributed by atoms with Gasteiger partial charge in [0.25, 0.3) is 0 Å². The number of piperazine rings is 1. The number of carbonyl (C=O) groups is 1. The molecule has 1 aromatic carbocycles. The van der Waals surface area contributed by atoms with Gasteiger partial charge in [-0.1, -0.05) is 17.7 Å². The summed E-state index contributed by atoms with van der Waals surface area (Å²) in [6.45, 7) is 4.45. The number of hydrogen-bond donors (Lipinski definition) is 1. The van der Waals surface area contributed by atoms with Gasteiger partial charge in [0.2, 0.25) is 5.91 Å². The average Bonchev–Trinajstić information content (AvgIpc) is 2.41. The van der Waals surface area contributed by atoms with Crippen molar-refractivity contribution in [2.45, 2.75) is 19.4 Å². The van der Waals surface area contributed by atoms with E-state index < -0.39 is 0 Å². The minimum atomic E-state index is 0.125. The summed E-state index contributed by atoms with van der Waals surface area (Å²) in [5, 5.41) is 3.90. The molecule has 19 heavy (non-hydrogen) atoms. The van der Waals surface area contributed by atoms with E-state index in [9.17, 15) is 4.79 Å². The summed E-state index contributed by atoms with van der Waals surface area (Å²) in [5.41, 5.74) is 0.846. The summed E-state index contributed by atoms with van der Waals surface area (Å²) in [6.07, 6.45) is 0.343. The zero-order valence-electron chi connectivity index (χ0n) is 11.3. The van der Waals surface area contributed by atoms with Gasteiger partial charge >= 0.3 is 0 Å². The number of benzene rings is 1. The van der Waals surface area contributed by atoms with Crippen LogP contribution < -0.4 is 10.1 Å². The van der Waals surface area contributed by atoms with Crippen molar-refractivity contribution in [3.8, 4) is 5.75 Å². The third-order valence-electron chi connectivity index (χ3n) is 3.32. The molecule has 0 bridgehead atoms. The highest BCUT2D eigenvalue weighted by molar-refractivity contribution is 6.31. The van der Waals surface area contributed by atoms with Gasteiger partial charge in [-0.15, -0.1) is 0 Å². The third kappa shape index (κ3) is 3.61. The molecule has 0 unspecified atom stereocenters. The Morgan fingerprint density at radius 3 is 3.00 bits per heavy atom. The van der Waals surface area contributed by atoms with Gasteiger partial charge in [0.15, 0.2) is 0 Å². The molecule has 1 aromatic rings. The Morgan fingerprint density at radius 2 is 2.37 bits per heavy atom. The summed E-state index contributed by atoms with van der Waals surface area (Å²) < 4.78 is 5.10. The van der Waals surface area contributed by atoms with Crippen molar-refractivity contribution in [2.24, 2.45) is 0 Å². The molecule has 1 atom stereocenters. The van der Waals surface area contributed by atoms with E-state index in [-0.39, 0.29) is 5.91 Å². The molecule has 0 radical (unpaired) electrons. The molecule has 1 aliphatic rings. The first-order chi connectivity index (χ1) is 9.10. The van der Waals surface area contributed by atoms with Crippen molar-refractivity contribution in [1.29, 1.82) is 0 Å². The van der Waals surface area contributed by atoms with Crippen LogP contribution in [-0.2, 0) is 11.2 Å². The fourth-order valence-corrected chi connectivity index (χ4v) is 2.47. The number of carbonyl (C=O) groups excluding carboxylic acids is 1. The second-order valence-electron chi connectivity index (χ2n) is 4.83. The van der Waals surface area contributed by atoms with E-state index >= 15 is 0 Å². The van der Waals surface area contributed by atoms with E-state index in [1.165, 1.54) is 0 Å². The number of rotatable bonds is 3. The molecule has 5 heteroatoms. The number of amides is 1. The molecule has 0 aliphatic carbocycles. The lowest BCUT2D eigenvalue weighted by Crippen LogP contribution is -2.51. The van der Waals surface area contributed by atoms with Crippen molar-refractivity contribution in [1.82, 2.24) is 10.2 Å². The molecule has 1 aliphatic heterocycles. The molecule has 1 heterocycles. The van der Waals surface area contributed by atoms with Crippen LogP contribution in [0, 0.1) is 0 Å². The summed E-state index contributed by atoms with van der Waals surface area (Å²) in [6, 6.07) is 5.77. The van der Waals surface area contributed by atoms with Gasteiger partial charge in [0, 0.05) is 30.7 Å². The average molecular weight is 283 g/mol. The Bertz CT molecular complexity index is 465. The highest BCUT2D eigenvalue weighted by Gasteiger charge is 2.21. The summed E-state index contributed by atoms with van der Waals surface area (Å²) in [4.78, 5) is 14.1. The molecule has 104 valence electrons. The van der Waals surface area contributed by atoms with Crippen LogP contribution in [0.15, 0.2) is 18.2 Å². The van der Waals surface area contributed by atoms with Gasteiger partial charge in [-0.25, -0.2) is 0 Å². The van der Waals surface area contributed by atoms with Crippen LogP contribution in [0.3, 0.4) is 0 Å². The summed E-state index contributed by atoms with van der Waals surface area (Å²) >= 11 is 6.16. The zero-order valence-corrected chi connectivity index (χ0v) is 12.0. The molecule has 4 nitrogen and oxygen atoms in total. The van der Waals surface area contributed by atoms with Gasteiger partial charge in [-0.2, -0.15) is 0 Å². The Morgan fingerprint density at radius 1 is 1.58 bits per heavy atom. The first-order valence-corrected chi connectivity index (χ1v) is 6.81. The van der Waals surface area contributed by atoms with Crippen molar-refractivity contribution < 1.29 is 9.53 Å². The van der Waals surface area contributed by atoms with Crippen LogP contribution in [0.2, 0.25) is 5.02 Å². The zero-order chi connectivity index (χ0) is 13.8. The van der Waals surface area contributed by atoms with E-state index in [0.717, 1.165) is 25.2 Å². The molecular formula is C14H19ClN2O2. The van der Waals surface area contributed by atoms with Crippen LogP contribution >= 0.6 is 11.6 Å². The normalized spacial score (nSPS) is 19.3. The largest absolute Gasteiger partial charge is 0.497 e. The Labute approximate surface area is 118 Å². The van der Waals surface area contributed by atoms with E-state index in [4.69, 9.17) is 16.3 Å². The molecule has 1 N–H and O–H groups in total. The van der Waals surface area contributed by atoms with Gasteiger partial charge in [-0.05, 0) is 24.6 Å². The maximum absolute atomic E-state index is 12.2. The number of ether oxygens (including phenoxy) is 1. The molecule has 0 spiro atoms. The molecule has 0 aromatic heterocycles. The lowest BCUT2D eigenvalue weighted by atomic mass is 10.1. The standard InChI is InChI=1S/C14H19ClN2O2/c1-10-9-17(6-5-16-10)14(18)7-11-3-4-12(19-2)8-13(11)15/h3-4,8,10,16H,5-7,9H2,1-2H3/t10-/m0/s1. The van der Waals surface area contributed by atoms with Crippen LogP contribution in [-0.4, -0.2) is 43.6 Å². The highest BCUT2D eigenvalue weighted by Crippen LogP contribution is 2.23. The third-order valence-corrected chi connectivity index (χ3v) is 3.68. The van der Waals surface area contributed by atoms with Gasteiger partial charge in [0.1, 0.15) is 5.75 Å². The van der Waals surface area contributed by atoms with E-state index in [1.807, 2.05) is 17.0 Å². The van der Waals surface area contributed by atoms with Gasteiger partial charge in [0.05, 0.1) is 13.5 Å². The van der Waals surface area contributed by atoms with Crippen LogP contribution in [0.25, 0.3) is 0 Å². The Kier molecular flexibility index (Phi) is 4.66. The topological polar surface area (TPSA) is 41.6 Å². The monoisotopic (exact) mass is 282 g/mol. The number of hydrogen-bond acceptors (Lipinski definition) is 3. The summed E-state index contributed by atoms with van der Waals surface area (Å²) in [5.74, 6) is 0.831. The smallest absolute Gasteiger partial charge is 0.227 e. The number of nitrogens with one attached hydrogen (secondary N) is 1. The van der Waals surface area contributed by atoms with Gasteiger partial charge < -0.3 is 15.0 Å². The molecule has 2 rings (SSSR count). The lowest BCUT2D eigenvalue weighted by molar-refractivity contribution is -0.131. The van der Waals surface area contributed by atoms with E-state index in [2.05, 4.69) is 12.2 Å². The minimum absolute atomic E-state index is 0.125. The lowest BCUT2D eigenvalue weighted by Gasteiger charge is -2.32. The number of nitrogens with zero attached hydrogens (tertiary/aromatic N) is 1. The number of halogens is 1. The van der Waals surface area contributed by atoms with Crippen molar-refractivity contribution >= 4 is 17.5 Å². The van der Waals surface area contributed by atoms with E-state index in [1.54, 1.807) is 13.2 Å². The second-order valence-corrected chi connectivity index (χ2v) is 5.24. The number of methoxy groups -OCH3 is 1. The molecular weight excluding hydrogens is 264 g/mol. The maximum Gasteiger partial charge on any atom is 0.227 e. The van der Waals surface area contributed by atoms with Crippen LogP contribution in [0.1, 0.15) is 12.5 Å². The minimum Gasteiger partial charge on any atom is -0.497 e. The first kappa shape index (κ1) is 14.2. The summed E-state index contributed by atoms with van der Waals surface area (Å²) in [7, 11) is 1.60. The van der Waals surface area contributed by atoms with E-state index in [0.29, 0.717) is 23.2 Å². The quantitative estimate of drug-likeness (QED) is 0.918. The first-order valence-electron chi connectivity index (χ1n) is 6.43. The fourth-order valence-electron chi connectivity index (χ4n) is 2.23. The SMILES string of the molecule is COc1ccc(CC(=O)N2CCN[C@@H](C)C2)c(Cl)c1. The predicted molar refractivity (Wildman–Crippen MR) is 75.8 cm³/mol. The second kappa shape index (κ2) is 6.26. The fraction of sp³-hybridized carbons (Fsp3) is 0.500. The Balaban J connectivity index is 2.02. The predicted octanol–water partition coefficient (Wildman–Crippen LogP) is 1.71. The van der Waals surface area contributed by atoms with Crippen molar-refractivity contribution in [3.05, 3.63) is 28.8 Å². The van der Waals surface area contributed by atoms with Gasteiger partial charge in [-0.3, -0.25) is 4.79 Å². The molecule has 1 amide bonds. The molecule has 0 saturated carbocycles. The maximum atomic E-state index is 12.2.